The van der Waals surface area contributed by atoms with Crippen LogP contribution < -0.4 is 10.6 Å². The highest BCUT2D eigenvalue weighted by molar-refractivity contribution is 6.30. The number of hydrogen-bond acceptors (Lipinski definition) is 2. The number of amides is 2. The van der Waals surface area contributed by atoms with Crippen molar-refractivity contribution >= 4 is 17.6 Å². The minimum atomic E-state index is -0.237. The van der Waals surface area contributed by atoms with E-state index >= 15 is 0 Å². The largest absolute Gasteiger partial charge is 0.332 e. The van der Waals surface area contributed by atoms with Crippen molar-refractivity contribution in [2.24, 2.45) is 0 Å². The van der Waals surface area contributed by atoms with Gasteiger partial charge in [-0.2, -0.15) is 0 Å². The highest BCUT2D eigenvalue weighted by Crippen LogP contribution is 2.45. The fourth-order valence-electron chi connectivity index (χ4n) is 2.31. The van der Waals surface area contributed by atoms with Crippen molar-refractivity contribution in [3.05, 3.63) is 64.9 Å². The standard InChI is InChI=1S/C16H16ClN3O/c17-13-6-4-12(5-7-13)16(8-9-16)20-15(21)19-11-14-3-1-2-10-18-14/h1-7,10H,8-9,11H2,(H2,19,20,21). The molecule has 1 aliphatic rings. The second kappa shape index (κ2) is 5.74. The average Bonchev–Trinajstić information content (AvgIpc) is 3.27. The average molecular weight is 302 g/mol. The summed E-state index contributed by atoms with van der Waals surface area (Å²) in [7, 11) is 0. The molecule has 2 aromatic rings. The van der Waals surface area contributed by atoms with E-state index in [-0.39, 0.29) is 11.6 Å². The second-order valence-electron chi connectivity index (χ2n) is 5.22. The van der Waals surface area contributed by atoms with Gasteiger partial charge in [0.05, 0.1) is 17.8 Å². The molecule has 2 amide bonds. The molecule has 4 nitrogen and oxygen atoms in total. The van der Waals surface area contributed by atoms with Crippen LogP contribution in [0.4, 0.5) is 4.79 Å². The maximum absolute atomic E-state index is 12.0. The molecule has 108 valence electrons. The smallest absolute Gasteiger partial charge is 0.315 e. The molecule has 1 fully saturated rings. The normalized spacial score (nSPS) is 15.3. The Kier molecular flexibility index (Phi) is 3.80. The molecule has 0 saturated heterocycles. The summed E-state index contributed by atoms with van der Waals surface area (Å²) in [5.74, 6) is 0. The zero-order chi connectivity index (χ0) is 14.7. The zero-order valence-electron chi connectivity index (χ0n) is 11.5. The first-order valence-corrected chi connectivity index (χ1v) is 7.28. The van der Waals surface area contributed by atoms with E-state index in [1.165, 1.54) is 0 Å². The summed E-state index contributed by atoms with van der Waals surface area (Å²) < 4.78 is 0. The van der Waals surface area contributed by atoms with E-state index in [1.54, 1.807) is 6.20 Å². The lowest BCUT2D eigenvalue weighted by Crippen LogP contribution is -2.42. The predicted molar refractivity (Wildman–Crippen MR) is 82.0 cm³/mol. The van der Waals surface area contributed by atoms with Crippen LogP contribution in [0.2, 0.25) is 5.02 Å². The van der Waals surface area contributed by atoms with Gasteiger partial charge in [0.1, 0.15) is 0 Å². The van der Waals surface area contributed by atoms with Crippen LogP contribution in [-0.4, -0.2) is 11.0 Å². The number of aromatic nitrogens is 1. The molecule has 21 heavy (non-hydrogen) atoms. The highest BCUT2D eigenvalue weighted by Gasteiger charge is 2.45. The monoisotopic (exact) mass is 301 g/mol. The van der Waals surface area contributed by atoms with Crippen LogP contribution in [0.15, 0.2) is 48.7 Å². The van der Waals surface area contributed by atoms with Crippen LogP contribution in [0.1, 0.15) is 24.1 Å². The van der Waals surface area contributed by atoms with Gasteiger partial charge in [0.15, 0.2) is 0 Å². The number of nitrogens with zero attached hydrogens (tertiary/aromatic N) is 1. The molecular weight excluding hydrogens is 286 g/mol. The van der Waals surface area contributed by atoms with Gasteiger partial charge in [-0.3, -0.25) is 4.98 Å². The lowest BCUT2D eigenvalue weighted by atomic mass is 10.1. The van der Waals surface area contributed by atoms with Crippen molar-refractivity contribution in [2.75, 3.05) is 0 Å². The fourth-order valence-corrected chi connectivity index (χ4v) is 2.44. The lowest BCUT2D eigenvalue weighted by Gasteiger charge is -2.18. The van der Waals surface area contributed by atoms with Gasteiger partial charge in [-0.05, 0) is 42.7 Å². The van der Waals surface area contributed by atoms with Crippen molar-refractivity contribution in [1.29, 1.82) is 0 Å². The van der Waals surface area contributed by atoms with Crippen molar-refractivity contribution in [1.82, 2.24) is 15.6 Å². The third-order valence-electron chi connectivity index (χ3n) is 3.66. The number of hydrogen-bond donors (Lipinski definition) is 2. The highest BCUT2D eigenvalue weighted by atomic mass is 35.5. The Morgan fingerprint density at radius 1 is 1.19 bits per heavy atom. The molecule has 1 saturated carbocycles. The van der Waals surface area contributed by atoms with E-state index in [0.29, 0.717) is 11.6 Å². The minimum absolute atomic E-state index is 0.173. The maximum atomic E-state index is 12.0. The molecule has 5 heteroatoms. The number of pyridine rings is 1. The molecule has 2 N–H and O–H groups in total. The Bertz CT molecular complexity index is 624. The van der Waals surface area contributed by atoms with E-state index in [9.17, 15) is 4.79 Å². The third-order valence-corrected chi connectivity index (χ3v) is 3.91. The Morgan fingerprint density at radius 2 is 1.95 bits per heavy atom. The number of benzene rings is 1. The van der Waals surface area contributed by atoms with E-state index in [4.69, 9.17) is 11.6 Å². The fraction of sp³-hybridized carbons (Fsp3) is 0.250. The second-order valence-corrected chi connectivity index (χ2v) is 5.65. The molecule has 3 rings (SSSR count). The summed E-state index contributed by atoms with van der Waals surface area (Å²) in [6.07, 6.45) is 3.61. The SMILES string of the molecule is O=C(NCc1ccccn1)NC1(c2ccc(Cl)cc2)CC1. The Labute approximate surface area is 128 Å². The van der Waals surface area contributed by atoms with Crippen LogP contribution in [0.5, 0.6) is 0 Å². The minimum Gasteiger partial charge on any atom is -0.332 e. The summed E-state index contributed by atoms with van der Waals surface area (Å²) in [6, 6.07) is 13.1. The molecule has 0 bridgehead atoms. The number of carbonyl (C=O) groups excluding carboxylic acids is 1. The molecule has 0 unspecified atom stereocenters. The van der Waals surface area contributed by atoms with Crippen molar-refractivity contribution in [2.45, 2.75) is 24.9 Å². The summed E-state index contributed by atoms with van der Waals surface area (Å²) >= 11 is 5.90. The van der Waals surface area contributed by atoms with Crippen LogP contribution >= 0.6 is 11.6 Å². The Hall–Kier alpha value is -2.07. The van der Waals surface area contributed by atoms with Crippen molar-refractivity contribution < 1.29 is 4.79 Å². The molecule has 1 aromatic carbocycles. The molecule has 0 aliphatic heterocycles. The first-order chi connectivity index (χ1) is 10.2. The number of nitrogens with one attached hydrogen (secondary N) is 2. The van der Waals surface area contributed by atoms with Crippen molar-refractivity contribution in [3.8, 4) is 0 Å². The number of halogens is 1. The van der Waals surface area contributed by atoms with Gasteiger partial charge < -0.3 is 10.6 Å². The van der Waals surface area contributed by atoms with Gasteiger partial charge in [0, 0.05) is 11.2 Å². The molecule has 0 atom stereocenters. The Balaban J connectivity index is 1.58. The van der Waals surface area contributed by atoms with Gasteiger partial charge in [-0.15, -0.1) is 0 Å². The topological polar surface area (TPSA) is 54.0 Å². The maximum Gasteiger partial charge on any atom is 0.315 e. The summed E-state index contributed by atoms with van der Waals surface area (Å²) in [6.45, 7) is 0.420. The van der Waals surface area contributed by atoms with E-state index in [2.05, 4.69) is 15.6 Å². The van der Waals surface area contributed by atoms with Crippen LogP contribution in [0.25, 0.3) is 0 Å². The van der Waals surface area contributed by atoms with Gasteiger partial charge >= 0.3 is 6.03 Å². The molecule has 0 radical (unpaired) electrons. The third kappa shape index (κ3) is 3.34. The van der Waals surface area contributed by atoms with Gasteiger partial charge in [-0.25, -0.2) is 4.79 Å². The van der Waals surface area contributed by atoms with E-state index in [0.717, 1.165) is 24.1 Å². The summed E-state index contributed by atoms with van der Waals surface area (Å²) in [4.78, 5) is 16.2. The molecule has 1 heterocycles. The number of carbonyl (C=O) groups is 1. The van der Waals surface area contributed by atoms with Crippen LogP contribution in [-0.2, 0) is 12.1 Å². The molecule has 0 spiro atoms. The van der Waals surface area contributed by atoms with Gasteiger partial charge in [0.25, 0.3) is 0 Å². The Morgan fingerprint density at radius 3 is 2.57 bits per heavy atom. The molecule has 1 aromatic heterocycles. The summed E-state index contributed by atoms with van der Waals surface area (Å²) in [5, 5.41) is 6.59. The van der Waals surface area contributed by atoms with Gasteiger partial charge in [0.2, 0.25) is 0 Å². The van der Waals surface area contributed by atoms with Gasteiger partial charge in [-0.1, -0.05) is 29.8 Å². The molecule has 1 aliphatic carbocycles. The number of urea groups is 1. The van der Waals surface area contributed by atoms with Crippen LogP contribution in [0, 0.1) is 0 Å². The van der Waals surface area contributed by atoms with Crippen molar-refractivity contribution in [3.63, 3.8) is 0 Å². The van der Waals surface area contributed by atoms with E-state index < -0.39 is 0 Å². The predicted octanol–water partition coefficient (Wildman–Crippen LogP) is 3.22. The lowest BCUT2D eigenvalue weighted by molar-refractivity contribution is 0.235. The first kappa shape index (κ1) is 13.9. The van der Waals surface area contributed by atoms with Crippen LogP contribution in [0.3, 0.4) is 0 Å². The first-order valence-electron chi connectivity index (χ1n) is 6.90. The summed E-state index contributed by atoms with van der Waals surface area (Å²) in [5.41, 5.74) is 1.70. The quantitative estimate of drug-likeness (QED) is 0.911. The van der Waals surface area contributed by atoms with E-state index in [1.807, 2.05) is 42.5 Å². The molecular formula is C16H16ClN3O. The zero-order valence-corrected chi connectivity index (χ0v) is 12.2. The number of rotatable bonds is 4.